The zero-order valence-corrected chi connectivity index (χ0v) is 13.9. The molecule has 1 aromatic rings. The first-order valence-electron chi connectivity index (χ1n) is 8.25. The van der Waals surface area contributed by atoms with Crippen LogP contribution in [0.25, 0.3) is 0 Å². The number of piperazine rings is 1. The lowest BCUT2D eigenvalue weighted by Crippen LogP contribution is -2.43. The standard InChI is InChI=1S/C16H19F3N4O3/c17-12-7-10(1-2-13(12)22-5-3-20-4-6-22)23-9-11(26-16(23)25)8-21-15(24)14(18)19/h1-2,7,11,14,20H,3-6,8-9H2,(H,21,24). The van der Waals surface area contributed by atoms with Gasteiger partial charge in [-0.1, -0.05) is 0 Å². The second-order valence-corrected chi connectivity index (χ2v) is 6.03. The van der Waals surface area contributed by atoms with E-state index in [2.05, 4.69) is 5.32 Å². The highest BCUT2D eigenvalue weighted by Gasteiger charge is 2.33. The Morgan fingerprint density at radius 2 is 2.08 bits per heavy atom. The fraction of sp³-hybridized carbons (Fsp3) is 0.500. The van der Waals surface area contributed by atoms with Gasteiger partial charge in [-0.05, 0) is 18.2 Å². The van der Waals surface area contributed by atoms with Crippen LogP contribution in [0.3, 0.4) is 0 Å². The Kier molecular flexibility index (Phi) is 5.50. The lowest BCUT2D eigenvalue weighted by Gasteiger charge is -2.30. The number of halogens is 3. The maximum atomic E-state index is 14.5. The number of benzene rings is 1. The van der Waals surface area contributed by atoms with Crippen LogP contribution in [0.1, 0.15) is 0 Å². The van der Waals surface area contributed by atoms with E-state index in [0.29, 0.717) is 24.5 Å². The van der Waals surface area contributed by atoms with Crippen LogP contribution in [0.2, 0.25) is 0 Å². The molecular formula is C16H19F3N4O3. The maximum Gasteiger partial charge on any atom is 0.414 e. The molecule has 10 heteroatoms. The van der Waals surface area contributed by atoms with Crippen molar-refractivity contribution in [3.05, 3.63) is 24.0 Å². The molecule has 0 saturated carbocycles. The van der Waals surface area contributed by atoms with Crippen molar-refractivity contribution >= 4 is 23.4 Å². The minimum atomic E-state index is -3.13. The van der Waals surface area contributed by atoms with Crippen molar-refractivity contribution in [3.8, 4) is 0 Å². The third kappa shape index (κ3) is 4.01. The Bertz CT molecular complexity index is 683. The molecule has 1 aromatic carbocycles. The van der Waals surface area contributed by atoms with Crippen LogP contribution in [0.15, 0.2) is 18.2 Å². The number of amides is 2. The Labute approximate surface area is 148 Å². The van der Waals surface area contributed by atoms with Crippen molar-refractivity contribution in [2.75, 3.05) is 49.1 Å². The van der Waals surface area contributed by atoms with Crippen molar-refractivity contribution in [2.45, 2.75) is 12.5 Å². The van der Waals surface area contributed by atoms with Gasteiger partial charge >= 0.3 is 12.5 Å². The summed E-state index contributed by atoms with van der Waals surface area (Å²) in [6.45, 7) is 2.72. The number of nitrogens with zero attached hydrogens (tertiary/aromatic N) is 2. The molecular weight excluding hydrogens is 353 g/mol. The molecule has 0 spiro atoms. The predicted molar refractivity (Wildman–Crippen MR) is 88.1 cm³/mol. The van der Waals surface area contributed by atoms with E-state index in [1.807, 2.05) is 10.2 Å². The van der Waals surface area contributed by atoms with E-state index in [1.165, 1.54) is 11.0 Å². The van der Waals surface area contributed by atoms with Crippen LogP contribution in [0.4, 0.5) is 29.3 Å². The highest BCUT2D eigenvalue weighted by molar-refractivity contribution is 5.90. The molecule has 2 aliphatic heterocycles. The quantitative estimate of drug-likeness (QED) is 0.805. The maximum absolute atomic E-state index is 14.5. The normalized spacial score (nSPS) is 20.5. The SMILES string of the molecule is O=C(NCC1CN(c2ccc(N3CCNCC3)c(F)c2)C(=O)O1)C(F)F. The third-order valence-corrected chi connectivity index (χ3v) is 4.28. The van der Waals surface area contributed by atoms with Crippen molar-refractivity contribution in [1.82, 2.24) is 10.6 Å². The summed E-state index contributed by atoms with van der Waals surface area (Å²) in [5.41, 5.74) is 0.776. The van der Waals surface area contributed by atoms with Gasteiger partial charge in [0.25, 0.3) is 5.91 Å². The first kappa shape index (κ1) is 18.3. The summed E-state index contributed by atoms with van der Waals surface area (Å²) in [7, 11) is 0. The molecule has 2 fully saturated rings. The smallest absolute Gasteiger partial charge is 0.414 e. The number of alkyl halides is 2. The van der Waals surface area contributed by atoms with Crippen LogP contribution in [-0.4, -0.2) is 63.8 Å². The Morgan fingerprint density at radius 3 is 2.73 bits per heavy atom. The number of cyclic esters (lactones) is 1. The topological polar surface area (TPSA) is 73.9 Å². The number of anilines is 2. The van der Waals surface area contributed by atoms with E-state index in [0.717, 1.165) is 13.1 Å². The molecule has 0 bridgehead atoms. The first-order valence-corrected chi connectivity index (χ1v) is 8.25. The lowest BCUT2D eigenvalue weighted by molar-refractivity contribution is -0.132. The molecule has 2 heterocycles. The van der Waals surface area contributed by atoms with Crippen LogP contribution in [-0.2, 0) is 9.53 Å². The van der Waals surface area contributed by atoms with Gasteiger partial charge in [-0.15, -0.1) is 0 Å². The number of hydrogen-bond donors (Lipinski definition) is 2. The van der Waals surface area contributed by atoms with Gasteiger partial charge in [-0.3, -0.25) is 9.69 Å². The number of nitrogens with one attached hydrogen (secondary N) is 2. The van der Waals surface area contributed by atoms with Crippen molar-refractivity contribution in [3.63, 3.8) is 0 Å². The van der Waals surface area contributed by atoms with E-state index in [9.17, 15) is 22.8 Å². The number of carbonyl (C=O) groups excluding carboxylic acids is 2. The van der Waals surface area contributed by atoms with Gasteiger partial charge in [0.2, 0.25) is 0 Å². The van der Waals surface area contributed by atoms with Crippen LogP contribution in [0.5, 0.6) is 0 Å². The molecule has 3 rings (SSSR count). The molecule has 2 N–H and O–H groups in total. The Hall–Kier alpha value is -2.49. The molecule has 1 atom stereocenters. The monoisotopic (exact) mass is 372 g/mol. The third-order valence-electron chi connectivity index (χ3n) is 4.28. The second-order valence-electron chi connectivity index (χ2n) is 6.03. The summed E-state index contributed by atoms with van der Waals surface area (Å²) in [5, 5.41) is 5.19. The van der Waals surface area contributed by atoms with E-state index in [4.69, 9.17) is 4.74 Å². The van der Waals surface area contributed by atoms with Gasteiger partial charge in [0, 0.05) is 26.2 Å². The van der Waals surface area contributed by atoms with Gasteiger partial charge < -0.3 is 20.3 Å². The van der Waals surface area contributed by atoms with E-state index in [-0.39, 0.29) is 13.1 Å². The highest BCUT2D eigenvalue weighted by Crippen LogP contribution is 2.28. The average molecular weight is 372 g/mol. The van der Waals surface area contributed by atoms with Gasteiger partial charge in [0.05, 0.1) is 24.5 Å². The molecule has 2 amide bonds. The molecule has 0 aliphatic carbocycles. The summed E-state index contributed by atoms with van der Waals surface area (Å²) in [6, 6.07) is 4.47. The van der Waals surface area contributed by atoms with E-state index >= 15 is 0 Å². The fourth-order valence-electron chi connectivity index (χ4n) is 2.96. The van der Waals surface area contributed by atoms with Crippen LogP contribution in [0, 0.1) is 5.82 Å². The summed E-state index contributed by atoms with van der Waals surface area (Å²) in [6.07, 6.45) is -4.62. The molecule has 7 nitrogen and oxygen atoms in total. The minimum absolute atomic E-state index is 0.0365. The minimum Gasteiger partial charge on any atom is -0.442 e. The summed E-state index contributed by atoms with van der Waals surface area (Å²) in [4.78, 5) is 26.0. The molecule has 1 unspecified atom stereocenters. The number of carbonyl (C=O) groups is 2. The zero-order valence-electron chi connectivity index (χ0n) is 13.9. The summed E-state index contributed by atoms with van der Waals surface area (Å²) in [5.74, 6) is -1.88. The molecule has 142 valence electrons. The Balaban J connectivity index is 1.64. The van der Waals surface area contributed by atoms with Gasteiger partial charge in [0.1, 0.15) is 11.9 Å². The largest absolute Gasteiger partial charge is 0.442 e. The summed E-state index contributed by atoms with van der Waals surface area (Å²) >= 11 is 0. The van der Waals surface area contributed by atoms with Gasteiger partial charge in [-0.25, -0.2) is 9.18 Å². The van der Waals surface area contributed by atoms with E-state index < -0.39 is 30.3 Å². The molecule has 0 aromatic heterocycles. The van der Waals surface area contributed by atoms with Crippen molar-refractivity contribution < 1.29 is 27.5 Å². The molecule has 2 aliphatic rings. The Morgan fingerprint density at radius 1 is 1.35 bits per heavy atom. The molecule has 0 radical (unpaired) electrons. The lowest BCUT2D eigenvalue weighted by atomic mass is 10.2. The molecule has 2 saturated heterocycles. The first-order chi connectivity index (χ1) is 12.5. The number of hydrogen-bond acceptors (Lipinski definition) is 5. The zero-order chi connectivity index (χ0) is 18.7. The van der Waals surface area contributed by atoms with Gasteiger partial charge in [0.15, 0.2) is 0 Å². The number of rotatable bonds is 5. The van der Waals surface area contributed by atoms with E-state index in [1.54, 1.807) is 12.1 Å². The second kappa shape index (κ2) is 7.81. The van der Waals surface area contributed by atoms with Gasteiger partial charge in [-0.2, -0.15) is 8.78 Å². The predicted octanol–water partition coefficient (Wildman–Crippen LogP) is 0.942. The fourth-order valence-corrected chi connectivity index (χ4v) is 2.96. The highest BCUT2D eigenvalue weighted by atomic mass is 19.3. The van der Waals surface area contributed by atoms with Crippen molar-refractivity contribution in [2.24, 2.45) is 0 Å². The van der Waals surface area contributed by atoms with Crippen LogP contribution < -0.4 is 20.4 Å². The number of ether oxygens (including phenoxy) is 1. The average Bonchev–Trinajstić information content (AvgIpc) is 3.01. The molecule has 26 heavy (non-hydrogen) atoms. The van der Waals surface area contributed by atoms with Crippen LogP contribution >= 0.6 is 0 Å². The summed E-state index contributed by atoms with van der Waals surface area (Å²) < 4.78 is 43.9. The van der Waals surface area contributed by atoms with Crippen molar-refractivity contribution in [1.29, 1.82) is 0 Å².